The average molecular weight is 356 g/mol. The smallest absolute Gasteiger partial charge is 0.460 e. The minimum absolute atomic E-state index is 0.268. The first kappa shape index (κ1) is 17.0. The van der Waals surface area contributed by atoms with E-state index in [2.05, 4.69) is 9.07 Å². The summed E-state index contributed by atoms with van der Waals surface area (Å²) in [7, 11) is -5.79. The van der Waals surface area contributed by atoms with Gasteiger partial charge in [0.2, 0.25) is 0 Å². The molecule has 0 aliphatic heterocycles. The number of aliphatic hydroxyl groups is 1. The van der Waals surface area contributed by atoms with E-state index >= 15 is 0 Å². The lowest BCUT2D eigenvalue weighted by Crippen LogP contribution is -2.57. The molecule has 2 N–H and O–H groups in total. The van der Waals surface area contributed by atoms with Crippen molar-refractivity contribution in [1.29, 1.82) is 0 Å². The third-order valence-corrected chi connectivity index (χ3v) is 6.30. The van der Waals surface area contributed by atoms with Crippen LogP contribution in [0.4, 0.5) is 8.78 Å². The summed E-state index contributed by atoms with van der Waals surface area (Å²) in [6.45, 7) is -0.377. The maximum atomic E-state index is 13.4. The fourth-order valence-electron chi connectivity index (χ4n) is 5.02. The van der Waals surface area contributed by atoms with E-state index in [9.17, 15) is 27.1 Å². The lowest BCUT2D eigenvalue weighted by atomic mass is 9.48. The van der Waals surface area contributed by atoms with Crippen LogP contribution >= 0.6 is 0 Å². The van der Waals surface area contributed by atoms with E-state index in [-0.39, 0.29) is 18.4 Å². The van der Waals surface area contributed by atoms with Crippen molar-refractivity contribution in [3.8, 4) is 0 Å². The van der Waals surface area contributed by atoms with Crippen molar-refractivity contribution in [2.24, 2.45) is 17.3 Å². The molecule has 0 amide bonds. The molecule has 2 unspecified atom stereocenters. The highest BCUT2D eigenvalue weighted by atomic mass is 32.2. The maximum Gasteiger partial charge on any atom is 0.468 e. The van der Waals surface area contributed by atoms with Crippen LogP contribution in [0.25, 0.3) is 0 Å². The van der Waals surface area contributed by atoms with Gasteiger partial charge in [-0.15, -0.1) is 4.33 Å². The molecule has 23 heavy (non-hydrogen) atoms. The Bertz CT molecular complexity index is 604. The number of rotatable bonds is 5. The van der Waals surface area contributed by atoms with Gasteiger partial charge in [-0.2, -0.15) is 17.2 Å². The third kappa shape index (κ3) is 2.75. The highest BCUT2D eigenvalue weighted by Gasteiger charge is 2.60. The molecule has 0 aromatic rings. The van der Waals surface area contributed by atoms with E-state index in [4.69, 9.17) is 5.26 Å². The SMILES string of the molecule is O=C(OCC12CC3CC(CC(O)(C3)C1)C2)C(F)(F)S(=O)(=O)OO. The van der Waals surface area contributed by atoms with E-state index in [1.54, 1.807) is 0 Å². The molecule has 4 aliphatic rings. The van der Waals surface area contributed by atoms with E-state index in [1.807, 2.05) is 0 Å². The Morgan fingerprint density at radius 1 is 1.22 bits per heavy atom. The Morgan fingerprint density at radius 3 is 2.26 bits per heavy atom. The second-order valence-corrected chi connectivity index (χ2v) is 8.88. The zero-order chi connectivity index (χ0) is 17.1. The van der Waals surface area contributed by atoms with Crippen LogP contribution in [0.15, 0.2) is 0 Å². The number of carbonyl (C=O) groups is 1. The fraction of sp³-hybridized carbons (Fsp3) is 0.923. The van der Waals surface area contributed by atoms with Gasteiger partial charge in [0, 0.05) is 5.41 Å². The Morgan fingerprint density at radius 2 is 1.78 bits per heavy atom. The molecule has 0 aromatic carbocycles. The number of ether oxygens (including phenoxy) is 1. The molecular weight excluding hydrogens is 338 g/mol. The van der Waals surface area contributed by atoms with Crippen molar-refractivity contribution >= 4 is 16.1 Å². The molecule has 0 saturated heterocycles. The molecule has 0 aromatic heterocycles. The van der Waals surface area contributed by atoms with E-state index in [1.165, 1.54) is 0 Å². The van der Waals surface area contributed by atoms with Crippen LogP contribution in [0.2, 0.25) is 0 Å². The first-order valence-electron chi connectivity index (χ1n) is 7.36. The molecule has 4 fully saturated rings. The van der Waals surface area contributed by atoms with Crippen molar-refractivity contribution in [2.75, 3.05) is 6.61 Å². The van der Waals surface area contributed by atoms with E-state index < -0.39 is 32.4 Å². The van der Waals surface area contributed by atoms with Gasteiger partial charge in [0.25, 0.3) is 0 Å². The molecule has 2 atom stereocenters. The van der Waals surface area contributed by atoms with Crippen LogP contribution in [0.3, 0.4) is 0 Å². The molecule has 4 aliphatic carbocycles. The topological polar surface area (TPSA) is 110 Å². The molecule has 4 bridgehead atoms. The van der Waals surface area contributed by atoms with Gasteiger partial charge in [0.05, 0.1) is 12.2 Å². The summed E-state index contributed by atoms with van der Waals surface area (Å²) in [6.07, 6.45) is 3.99. The number of hydrogen-bond donors (Lipinski definition) is 2. The molecule has 10 heteroatoms. The van der Waals surface area contributed by atoms with Crippen LogP contribution in [0.1, 0.15) is 38.5 Å². The van der Waals surface area contributed by atoms with Crippen LogP contribution < -0.4 is 0 Å². The fourth-order valence-corrected chi connectivity index (χ4v) is 5.38. The Labute approximate surface area is 131 Å². The first-order chi connectivity index (χ1) is 10.5. The monoisotopic (exact) mass is 356 g/mol. The second-order valence-electron chi connectivity index (χ2n) is 7.31. The van der Waals surface area contributed by atoms with E-state index in [0.29, 0.717) is 32.1 Å². The minimum Gasteiger partial charge on any atom is -0.460 e. The summed E-state index contributed by atoms with van der Waals surface area (Å²) in [5, 5.41) is 13.5. The van der Waals surface area contributed by atoms with Gasteiger partial charge >= 0.3 is 21.3 Å². The normalized spacial score (nSPS) is 39.5. The van der Waals surface area contributed by atoms with Crippen LogP contribution in [0, 0.1) is 17.3 Å². The minimum atomic E-state index is -5.79. The summed E-state index contributed by atoms with van der Waals surface area (Å²) in [4.78, 5) is 11.4. The maximum absolute atomic E-state index is 13.4. The van der Waals surface area contributed by atoms with Gasteiger partial charge in [-0.1, -0.05) is 0 Å². The van der Waals surface area contributed by atoms with Gasteiger partial charge in [0.15, 0.2) is 0 Å². The number of halogens is 2. The van der Waals surface area contributed by atoms with Crippen LogP contribution in [-0.4, -0.2) is 42.2 Å². The summed E-state index contributed by atoms with van der Waals surface area (Å²) < 4.78 is 55.9. The average Bonchev–Trinajstić information content (AvgIpc) is 2.41. The molecule has 0 heterocycles. The summed E-state index contributed by atoms with van der Waals surface area (Å²) >= 11 is 0. The van der Waals surface area contributed by atoms with Gasteiger partial charge in [-0.25, -0.2) is 10.1 Å². The first-order valence-corrected chi connectivity index (χ1v) is 8.77. The number of hydrogen-bond acceptors (Lipinski definition) is 7. The molecule has 4 saturated carbocycles. The zero-order valence-electron chi connectivity index (χ0n) is 12.2. The second kappa shape index (κ2) is 5.08. The third-order valence-electron chi connectivity index (χ3n) is 5.31. The van der Waals surface area contributed by atoms with Crippen molar-refractivity contribution < 1.29 is 41.4 Å². The van der Waals surface area contributed by atoms with Gasteiger partial charge in [0.1, 0.15) is 0 Å². The van der Waals surface area contributed by atoms with Gasteiger partial charge in [-0.3, -0.25) is 0 Å². The molecule has 7 nitrogen and oxygen atoms in total. The van der Waals surface area contributed by atoms with Crippen LogP contribution in [0.5, 0.6) is 0 Å². The largest absolute Gasteiger partial charge is 0.468 e. The Kier molecular flexibility index (Phi) is 3.75. The van der Waals surface area contributed by atoms with Crippen molar-refractivity contribution in [2.45, 2.75) is 49.4 Å². The molecule has 4 rings (SSSR count). The van der Waals surface area contributed by atoms with Gasteiger partial charge in [-0.05, 0) is 50.4 Å². The zero-order valence-corrected chi connectivity index (χ0v) is 13.0. The Hall–Kier alpha value is -0.840. The number of alkyl halides is 2. The standard InChI is InChI=1S/C13H18F2O7S/c14-13(15,23(19,20)22-18)10(16)21-7-11-2-8-1-9(3-11)5-12(17,4-8)6-11/h8-9,17-18H,1-7H2. The predicted octanol–water partition coefficient (Wildman–Crippen LogP) is 1.27. The summed E-state index contributed by atoms with van der Waals surface area (Å²) in [5.74, 6) is -1.75. The lowest BCUT2D eigenvalue weighted by molar-refractivity contribution is -0.195. The number of carbonyl (C=O) groups excluding carboxylic acids is 1. The lowest BCUT2D eigenvalue weighted by Gasteiger charge is -2.59. The molecular formula is C13H18F2O7S. The molecule has 132 valence electrons. The highest BCUT2D eigenvalue weighted by Crippen LogP contribution is 2.61. The van der Waals surface area contributed by atoms with Crippen molar-refractivity contribution in [3.63, 3.8) is 0 Å². The Balaban J connectivity index is 1.70. The predicted molar refractivity (Wildman–Crippen MR) is 70.6 cm³/mol. The van der Waals surface area contributed by atoms with Crippen molar-refractivity contribution in [3.05, 3.63) is 0 Å². The van der Waals surface area contributed by atoms with Gasteiger partial charge < -0.3 is 9.84 Å². The highest BCUT2D eigenvalue weighted by molar-refractivity contribution is 7.88. The molecule has 0 radical (unpaired) electrons. The quantitative estimate of drug-likeness (QED) is 0.434. The van der Waals surface area contributed by atoms with E-state index in [0.717, 1.165) is 6.42 Å². The van der Waals surface area contributed by atoms with Crippen LogP contribution in [-0.2, 0) is 24.0 Å². The number of esters is 1. The summed E-state index contributed by atoms with van der Waals surface area (Å²) in [5.41, 5.74) is -1.44. The molecule has 0 spiro atoms. The van der Waals surface area contributed by atoms with Crippen molar-refractivity contribution in [1.82, 2.24) is 0 Å². The summed E-state index contributed by atoms with van der Waals surface area (Å²) in [6, 6.07) is 0.